The Kier molecular flexibility index (Phi) is 4.98. The van der Waals surface area contributed by atoms with E-state index in [1.807, 2.05) is 11.8 Å². The van der Waals surface area contributed by atoms with Gasteiger partial charge >= 0.3 is 5.97 Å². The number of thioether (sulfide) groups is 1. The molecule has 1 aliphatic heterocycles. The molecule has 0 aliphatic carbocycles. The first-order valence-electron chi connectivity index (χ1n) is 7.81. The van der Waals surface area contributed by atoms with E-state index in [0.29, 0.717) is 22.2 Å². The van der Waals surface area contributed by atoms with Crippen LogP contribution >= 0.6 is 11.8 Å². The number of hydrogen-bond donors (Lipinski definition) is 0. The predicted molar refractivity (Wildman–Crippen MR) is 88.0 cm³/mol. The van der Waals surface area contributed by atoms with Crippen molar-refractivity contribution in [2.45, 2.75) is 31.3 Å². The fraction of sp³-hybridized carbons (Fsp3) is 0.533. The second-order valence-corrected chi connectivity index (χ2v) is 6.52. The van der Waals surface area contributed by atoms with Crippen molar-refractivity contribution in [3.8, 4) is 0 Å². The van der Waals surface area contributed by atoms with Crippen LogP contribution in [0.15, 0.2) is 11.4 Å². The van der Waals surface area contributed by atoms with Gasteiger partial charge in [-0.15, -0.1) is 5.10 Å². The maximum atomic E-state index is 12.7. The molecule has 0 unspecified atom stereocenters. The van der Waals surface area contributed by atoms with Crippen molar-refractivity contribution in [2.75, 3.05) is 26.0 Å². The van der Waals surface area contributed by atoms with E-state index < -0.39 is 0 Å². The Hall–Kier alpha value is -2.16. The molecule has 2 aromatic rings. The van der Waals surface area contributed by atoms with Crippen LogP contribution in [0.5, 0.6) is 0 Å². The highest BCUT2D eigenvalue weighted by atomic mass is 32.2. The van der Waals surface area contributed by atoms with E-state index in [0.717, 1.165) is 25.9 Å². The molecule has 0 N–H and O–H groups in total. The SMILES string of the molecule is COC(=O)CSc1nc2ncc(C(=O)N3CCCCC3)c(C)n2n1. The molecule has 0 spiro atoms. The number of fused-ring (bicyclic) bond motifs is 1. The summed E-state index contributed by atoms with van der Waals surface area (Å²) in [6.07, 6.45) is 4.81. The summed E-state index contributed by atoms with van der Waals surface area (Å²) in [5.74, 6) is 0.187. The van der Waals surface area contributed by atoms with Crippen LogP contribution in [-0.2, 0) is 9.53 Å². The lowest BCUT2D eigenvalue weighted by molar-refractivity contribution is -0.137. The zero-order valence-corrected chi connectivity index (χ0v) is 14.5. The van der Waals surface area contributed by atoms with Gasteiger partial charge in [-0.2, -0.15) is 9.50 Å². The molecule has 128 valence electrons. The molecule has 0 bridgehead atoms. The van der Waals surface area contributed by atoms with Gasteiger partial charge in [-0.05, 0) is 26.2 Å². The fourth-order valence-corrected chi connectivity index (χ4v) is 3.30. The molecule has 1 aliphatic rings. The number of amides is 1. The highest BCUT2D eigenvalue weighted by Gasteiger charge is 2.22. The van der Waals surface area contributed by atoms with Crippen molar-refractivity contribution in [3.05, 3.63) is 17.5 Å². The predicted octanol–water partition coefficient (Wildman–Crippen LogP) is 1.32. The van der Waals surface area contributed by atoms with Crippen LogP contribution in [0.3, 0.4) is 0 Å². The van der Waals surface area contributed by atoms with E-state index in [-0.39, 0.29) is 17.6 Å². The summed E-state index contributed by atoms with van der Waals surface area (Å²) < 4.78 is 6.15. The highest BCUT2D eigenvalue weighted by Crippen LogP contribution is 2.18. The van der Waals surface area contributed by atoms with E-state index in [4.69, 9.17) is 0 Å². The van der Waals surface area contributed by atoms with Gasteiger partial charge in [0.25, 0.3) is 11.7 Å². The van der Waals surface area contributed by atoms with Gasteiger partial charge in [0.15, 0.2) is 0 Å². The Labute approximate surface area is 143 Å². The minimum atomic E-state index is -0.343. The maximum absolute atomic E-state index is 12.7. The van der Waals surface area contributed by atoms with Gasteiger partial charge in [0, 0.05) is 19.3 Å². The van der Waals surface area contributed by atoms with E-state index in [2.05, 4.69) is 19.8 Å². The normalized spacial score (nSPS) is 14.8. The number of rotatable bonds is 4. The smallest absolute Gasteiger partial charge is 0.316 e. The number of piperidine rings is 1. The number of methoxy groups -OCH3 is 1. The maximum Gasteiger partial charge on any atom is 0.316 e. The third-order valence-corrected chi connectivity index (χ3v) is 4.82. The zero-order valence-electron chi connectivity index (χ0n) is 13.7. The zero-order chi connectivity index (χ0) is 17.1. The average molecular weight is 349 g/mol. The summed E-state index contributed by atoms with van der Waals surface area (Å²) in [5.41, 5.74) is 1.24. The molecule has 3 rings (SSSR count). The van der Waals surface area contributed by atoms with E-state index >= 15 is 0 Å². The summed E-state index contributed by atoms with van der Waals surface area (Å²) in [4.78, 5) is 34.3. The Morgan fingerprint density at radius 3 is 2.75 bits per heavy atom. The Bertz CT molecular complexity index is 770. The lowest BCUT2D eigenvalue weighted by Gasteiger charge is -2.27. The topological polar surface area (TPSA) is 89.7 Å². The molecule has 8 nitrogen and oxygen atoms in total. The van der Waals surface area contributed by atoms with Gasteiger partial charge in [-0.1, -0.05) is 11.8 Å². The first-order valence-corrected chi connectivity index (χ1v) is 8.80. The number of hydrogen-bond acceptors (Lipinski definition) is 7. The molecule has 1 amide bonds. The molecular weight excluding hydrogens is 330 g/mol. The standard InChI is InChI=1S/C15H19N5O3S/c1-10-11(13(22)19-6-4-3-5-7-19)8-16-14-17-15(18-20(10)14)24-9-12(21)23-2/h8H,3-7,9H2,1-2H3. The van der Waals surface area contributed by atoms with Crippen molar-refractivity contribution in [1.82, 2.24) is 24.5 Å². The highest BCUT2D eigenvalue weighted by molar-refractivity contribution is 7.99. The van der Waals surface area contributed by atoms with Gasteiger partial charge in [-0.3, -0.25) is 9.59 Å². The first kappa shape index (κ1) is 16.7. The number of carbonyl (C=O) groups is 2. The van der Waals surface area contributed by atoms with Crippen LogP contribution in [0, 0.1) is 6.92 Å². The van der Waals surface area contributed by atoms with Gasteiger partial charge < -0.3 is 9.64 Å². The van der Waals surface area contributed by atoms with Crippen LogP contribution in [0.2, 0.25) is 0 Å². The molecule has 3 heterocycles. The minimum Gasteiger partial charge on any atom is -0.468 e. The van der Waals surface area contributed by atoms with Gasteiger partial charge in [0.2, 0.25) is 5.16 Å². The quantitative estimate of drug-likeness (QED) is 0.607. The van der Waals surface area contributed by atoms with Gasteiger partial charge in [-0.25, -0.2) is 4.98 Å². The van der Waals surface area contributed by atoms with Crippen LogP contribution in [0.4, 0.5) is 0 Å². The fourth-order valence-electron chi connectivity index (χ4n) is 2.64. The number of ether oxygens (including phenoxy) is 1. The third kappa shape index (κ3) is 3.35. The second-order valence-electron chi connectivity index (χ2n) is 5.58. The minimum absolute atomic E-state index is 0.0131. The van der Waals surface area contributed by atoms with Crippen molar-refractivity contribution in [1.29, 1.82) is 0 Å². The molecule has 24 heavy (non-hydrogen) atoms. The lowest BCUT2D eigenvalue weighted by atomic mass is 10.1. The third-order valence-electron chi connectivity index (χ3n) is 4.01. The monoisotopic (exact) mass is 349 g/mol. The largest absolute Gasteiger partial charge is 0.468 e. The van der Waals surface area contributed by atoms with Crippen molar-refractivity contribution in [3.63, 3.8) is 0 Å². The molecule has 1 fully saturated rings. The van der Waals surface area contributed by atoms with Crippen molar-refractivity contribution in [2.24, 2.45) is 0 Å². The Balaban J connectivity index is 1.84. The molecule has 9 heteroatoms. The Morgan fingerprint density at radius 1 is 1.29 bits per heavy atom. The van der Waals surface area contributed by atoms with Crippen LogP contribution in [0.25, 0.3) is 5.78 Å². The lowest BCUT2D eigenvalue weighted by Crippen LogP contribution is -2.36. The molecule has 1 saturated heterocycles. The second kappa shape index (κ2) is 7.16. The summed E-state index contributed by atoms with van der Waals surface area (Å²) in [6.45, 7) is 3.40. The van der Waals surface area contributed by atoms with Crippen LogP contribution < -0.4 is 0 Å². The molecular formula is C15H19N5O3S. The number of esters is 1. The Morgan fingerprint density at radius 2 is 2.04 bits per heavy atom. The molecule has 2 aromatic heterocycles. The molecule has 0 atom stereocenters. The van der Waals surface area contributed by atoms with Crippen LogP contribution in [0.1, 0.15) is 35.3 Å². The number of aryl methyl sites for hydroxylation is 1. The summed E-state index contributed by atoms with van der Waals surface area (Å²) in [6, 6.07) is 0. The van der Waals surface area contributed by atoms with E-state index in [9.17, 15) is 9.59 Å². The molecule has 0 saturated carbocycles. The number of aromatic nitrogens is 4. The van der Waals surface area contributed by atoms with Gasteiger partial charge in [0.1, 0.15) is 0 Å². The van der Waals surface area contributed by atoms with Gasteiger partial charge in [0.05, 0.1) is 24.1 Å². The average Bonchev–Trinajstić information content (AvgIpc) is 3.04. The van der Waals surface area contributed by atoms with Crippen LogP contribution in [-0.4, -0.2) is 62.3 Å². The number of nitrogens with zero attached hydrogens (tertiary/aromatic N) is 5. The summed E-state index contributed by atoms with van der Waals surface area (Å²) in [5, 5.41) is 4.76. The van der Waals surface area contributed by atoms with E-state index in [1.54, 1.807) is 10.7 Å². The number of likely N-dealkylation sites (tertiary alicyclic amines) is 1. The van der Waals surface area contributed by atoms with E-state index in [1.165, 1.54) is 25.3 Å². The molecule has 0 aromatic carbocycles. The molecule has 0 radical (unpaired) electrons. The number of carbonyl (C=O) groups excluding carboxylic acids is 2. The summed E-state index contributed by atoms with van der Waals surface area (Å²) >= 11 is 1.18. The first-order chi connectivity index (χ1) is 11.6. The van der Waals surface area contributed by atoms with Crippen molar-refractivity contribution >= 4 is 29.4 Å². The van der Waals surface area contributed by atoms with Crippen molar-refractivity contribution < 1.29 is 14.3 Å². The summed E-state index contributed by atoms with van der Waals surface area (Å²) in [7, 11) is 1.34.